The Kier molecular flexibility index (Phi) is 4.31. The molecular weight excluding hydrogens is 292 g/mol. The minimum atomic E-state index is -0.0418. The number of benzene rings is 1. The second-order valence-corrected chi connectivity index (χ2v) is 4.76. The van der Waals surface area contributed by atoms with Crippen LogP contribution in [0.15, 0.2) is 36.5 Å². The molecule has 1 unspecified atom stereocenters. The van der Waals surface area contributed by atoms with Crippen LogP contribution >= 0.6 is 15.9 Å². The lowest BCUT2D eigenvalue weighted by Crippen LogP contribution is -2.35. The van der Waals surface area contributed by atoms with Crippen LogP contribution in [0, 0.1) is 0 Å². The Bertz CT molecular complexity index is 547. The van der Waals surface area contributed by atoms with Crippen LogP contribution in [0.2, 0.25) is 0 Å². The molecule has 0 saturated carbocycles. The van der Waals surface area contributed by atoms with Crippen molar-refractivity contribution >= 4 is 32.7 Å². The van der Waals surface area contributed by atoms with Gasteiger partial charge in [-0.3, -0.25) is 9.78 Å². The van der Waals surface area contributed by atoms with Crippen molar-refractivity contribution in [2.45, 2.75) is 19.4 Å². The molecule has 1 N–H and O–H groups in total. The number of para-hydroxylation sites is 1. The van der Waals surface area contributed by atoms with Crippen LogP contribution in [0.5, 0.6) is 0 Å². The molecule has 0 bridgehead atoms. The summed E-state index contributed by atoms with van der Waals surface area (Å²) in [4.78, 5) is 16.5. The SMILES string of the molecule is CCC(CBr)NC(=O)c1ccnc2ccccc12. The van der Waals surface area contributed by atoms with E-state index in [1.54, 1.807) is 12.3 Å². The maximum atomic E-state index is 12.2. The van der Waals surface area contributed by atoms with E-state index < -0.39 is 0 Å². The van der Waals surface area contributed by atoms with Crippen molar-refractivity contribution in [2.75, 3.05) is 5.33 Å². The Balaban J connectivity index is 2.33. The second-order valence-electron chi connectivity index (χ2n) is 4.11. The molecule has 0 aliphatic rings. The molecule has 18 heavy (non-hydrogen) atoms. The third-order valence-corrected chi connectivity index (χ3v) is 3.69. The van der Waals surface area contributed by atoms with E-state index in [0.717, 1.165) is 22.7 Å². The summed E-state index contributed by atoms with van der Waals surface area (Å²) in [6, 6.07) is 9.59. The fourth-order valence-electron chi connectivity index (χ4n) is 1.81. The van der Waals surface area contributed by atoms with Gasteiger partial charge in [0, 0.05) is 23.0 Å². The monoisotopic (exact) mass is 306 g/mol. The highest BCUT2D eigenvalue weighted by atomic mass is 79.9. The zero-order chi connectivity index (χ0) is 13.0. The maximum absolute atomic E-state index is 12.2. The molecular formula is C14H15BrN2O. The molecule has 1 aromatic heterocycles. The predicted molar refractivity (Wildman–Crippen MR) is 77.1 cm³/mol. The van der Waals surface area contributed by atoms with E-state index in [0.29, 0.717) is 5.56 Å². The summed E-state index contributed by atoms with van der Waals surface area (Å²) >= 11 is 3.40. The molecule has 0 aliphatic carbocycles. The lowest BCUT2D eigenvalue weighted by molar-refractivity contribution is 0.0942. The third-order valence-electron chi connectivity index (χ3n) is 2.91. The highest BCUT2D eigenvalue weighted by molar-refractivity contribution is 9.09. The first-order chi connectivity index (χ1) is 8.76. The number of hydrogen-bond donors (Lipinski definition) is 1. The van der Waals surface area contributed by atoms with Gasteiger partial charge in [-0.2, -0.15) is 0 Å². The number of pyridine rings is 1. The molecule has 1 heterocycles. The van der Waals surface area contributed by atoms with Crippen LogP contribution in [-0.2, 0) is 0 Å². The van der Waals surface area contributed by atoms with E-state index in [-0.39, 0.29) is 11.9 Å². The van der Waals surface area contributed by atoms with Gasteiger partial charge in [0.05, 0.1) is 11.1 Å². The summed E-state index contributed by atoms with van der Waals surface area (Å²) in [5, 5.41) is 4.66. The summed E-state index contributed by atoms with van der Waals surface area (Å²) in [6.07, 6.45) is 2.58. The lowest BCUT2D eigenvalue weighted by Gasteiger charge is -2.14. The molecule has 94 valence electrons. The number of aromatic nitrogens is 1. The van der Waals surface area contributed by atoms with Gasteiger partial charge in [0.1, 0.15) is 0 Å². The number of alkyl halides is 1. The van der Waals surface area contributed by atoms with Gasteiger partial charge in [-0.15, -0.1) is 0 Å². The van der Waals surface area contributed by atoms with Gasteiger partial charge in [0.2, 0.25) is 0 Å². The van der Waals surface area contributed by atoms with Crippen LogP contribution in [0.4, 0.5) is 0 Å². The Morgan fingerprint density at radius 2 is 2.17 bits per heavy atom. The van der Waals surface area contributed by atoms with E-state index in [4.69, 9.17) is 0 Å². The second kappa shape index (κ2) is 5.96. The van der Waals surface area contributed by atoms with Crippen LogP contribution in [0.25, 0.3) is 10.9 Å². The first kappa shape index (κ1) is 13.0. The zero-order valence-corrected chi connectivity index (χ0v) is 11.8. The van der Waals surface area contributed by atoms with Gasteiger partial charge < -0.3 is 5.32 Å². The van der Waals surface area contributed by atoms with Crippen LogP contribution < -0.4 is 5.32 Å². The van der Waals surface area contributed by atoms with E-state index >= 15 is 0 Å². The summed E-state index contributed by atoms with van der Waals surface area (Å²) in [6.45, 7) is 2.05. The van der Waals surface area contributed by atoms with Crippen molar-refractivity contribution in [2.24, 2.45) is 0 Å². The lowest BCUT2D eigenvalue weighted by atomic mass is 10.1. The van der Waals surface area contributed by atoms with Gasteiger partial charge in [-0.1, -0.05) is 41.1 Å². The smallest absolute Gasteiger partial charge is 0.252 e. The van der Waals surface area contributed by atoms with Crippen LogP contribution in [0.1, 0.15) is 23.7 Å². The van der Waals surface area contributed by atoms with Crippen LogP contribution in [0.3, 0.4) is 0 Å². The molecule has 2 aromatic rings. The fraction of sp³-hybridized carbons (Fsp3) is 0.286. The number of amides is 1. The van der Waals surface area contributed by atoms with Gasteiger partial charge in [0.15, 0.2) is 0 Å². The summed E-state index contributed by atoms with van der Waals surface area (Å²) < 4.78 is 0. The van der Waals surface area contributed by atoms with E-state index in [9.17, 15) is 4.79 Å². The average Bonchev–Trinajstić information content (AvgIpc) is 2.43. The zero-order valence-electron chi connectivity index (χ0n) is 10.2. The molecule has 0 radical (unpaired) electrons. The molecule has 0 spiro atoms. The normalized spacial score (nSPS) is 12.3. The molecule has 1 amide bonds. The Morgan fingerprint density at radius 3 is 2.89 bits per heavy atom. The third kappa shape index (κ3) is 2.70. The summed E-state index contributed by atoms with van der Waals surface area (Å²) in [5.41, 5.74) is 1.53. The number of carbonyl (C=O) groups is 1. The largest absolute Gasteiger partial charge is 0.348 e. The Labute approximate surface area is 115 Å². The number of fused-ring (bicyclic) bond motifs is 1. The van der Waals surface area contributed by atoms with Gasteiger partial charge in [-0.05, 0) is 18.6 Å². The minimum Gasteiger partial charge on any atom is -0.348 e. The number of halogens is 1. The maximum Gasteiger partial charge on any atom is 0.252 e. The summed E-state index contributed by atoms with van der Waals surface area (Å²) in [7, 11) is 0. The number of nitrogens with one attached hydrogen (secondary N) is 1. The number of hydrogen-bond acceptors (Lipinski definition) is 2. The molecule has 4 heteroatoms. The molecule has 1 aromatic carbocycles. The van der Waals surface area contributed by atoms with Gasteiger partial charge in [-0.25, -0.2) is 0 Å². The van der Waals surface area contributed by atoms with Crippen molar-refractivity contribution in [3.05, 3.63) is 42.1 Å². The van der Waals surface area contributed by atoms with E-state index in [1.807, 2.05) is 24.3 Å². The van der Waals surface area contributed by atoms with E-state index in [1.165, 1.54) is 0 Å². The number of rotatable bonds is 4. The van der Waals surface area contributed by atoms with Crippen molar-refractivity contribution < 1.29 is 4.79 Å². The minimum absolute atomic E-state index is 0.0418. The topological polar surface area (TPSA) is 42.0 Å². The van der Waals surface area contributed by atoms with Crippen molar-refractivity contribution in [1.82, 2.24) is 10.3 Å². The molecule has 3 nitrogen and oxygen atoms in total. The Hall–Kier alpha value is -1.42. The number of carbonyl (C=O) groups excluding carboxylic acids is 1. The molecule has 0 aliphatic heterocycles. The standard InChI is InChI=1S/C14H15BrN2O/c1-2-10(9-15)17-14(18)12-7-8-16-13-6-4-3-5-11(12)13/h3-8,10H,2,9H2,1H3,(H,17,18). The molecule has 2 rings (SSSR count). The van der Waals surface area contributed by atoms with E-state index in [2.05, 4.69) is 33.2 Å². The van der Waals surface area contributed by atoms with Crippen molar-refractivity contribution in [1.29, 1.82) is 0 Å². The number of nitrogens with zero attached hydrogens (tertiary/aromatic N) is 1. The first-order valence-electron chi connectivity index (χ1n) is 5.96. The molecule has 0 saturated heterocycles. The van der Waals surface area contributed by atoms with Crippen LogP contribution in [-0.4, -0.2) is 22.3 Å². The van der Waals surface area contributed by atoms with Crippen molar-refractivity contribution in [3.8, 4) is 0 Å². The average molecular weight is 307 g/mol. The fourth-order valence-corrected chi connectivity index (χ4v) is 2.43. The molecule has 1 atom stereocenters. The summed E-state index contributed by atoms with van der Waals surface area (Å²) in [5.74, 6) is -0.0418. The first-order valence-corrected chi connectivity index (χ1v) is 7.09. The van der Waals surface area contributed by atoms with Gasteiger partial charge >= 0.3 is 0 Å². The predicted octanol–water partition coefficient (Wildman–Crippen LogP) is 3.14. The molecule has 0 fully saturated rings. The van der Waals surface area contributed by atoms with Gasteiger partial charge in [0.25, 0.3) is 5.91 Å². The Morgan fingerprint density at radius 1 is 1.39 bits per heavy atom. The van der Waals surface area contributed by atoms with Crippen molar-refractivity contribution in [3.63, 3.8) is 0 Å². The quantitative estimate of drug-likeness (QED) is 0.882. The highest BCUT2D eigenvalue weighted by Crippen LogP contribution is 2.16. The highest BCUT2D eigenvalue weighted by Gasteiger charge is 2.13.